The van der Waals surface area contributed by atoms with Crippen molar-refractivity contribution in [3.63, 3.8) is 0 Å². The number of anilines is 1. The SMILES string of the molecule is Cc1nonc1OCC[NH2+]CCNc1ccc([N+](=O)[O-])cc1Cl. The summed E-state index contributed by atoms with van der Waals surface area (Å²) in [6, 6.07) is 4.35. The molecule has 0 amide bonds. The van der Waals surface area contributed by atoms with Gasteiger partial charge in [-0.05, 0) is 18.1 Å². The summed E-state index contributed by atoms with van der Waals surface area (Å²) in [5.74, 6) is 0.411. The number of benzene rings is 1. The van der Waals surface area contributed by atoms with Crippen LogP contribution in [-0.4, -0.2) is 41.5 Å². The van der Waals surface area contributed by atoms with Crippen LogP contribution in [0.3, 0.4) is 0 Å². The van der Waals surface area contributed by atoms with Gasteiger partial charge < -0.3 is 15.4 Å². The minimum Gasteiger partial charge on any atom is -0.468 e. The predicted octanol–water partition coefficient (Wildman–Crippen LogP) is 0.994. The number of nitrogens with zero attached hydrogens (tertiary/aromatic N) is 3. The Bertz CT molecular complexity index is 664. The second kappa shape index (κ2) is 8.30. The molecule has 10 heteroatoms. The van der Waals surface area contributed by atoms with Crippen molar-refractivity contribution >= 4 is 23.0 Å². The maximum Gasteiger partial charge on any atom is 0.278 e. The van der Waals surface area contributed by atoms with E-state index in [-0.39, 0.29) is 5.69 Å². The molecule has 9 nitrogen and oxygen atoms in total. The summed E-state index contributed by atoms with van der Waals surface area (Å²) >= 11 is 5.99. The number of hydrogen-bond acceptors (Lipinski definition) is 7. The highest BCUT2D eigenvalue weighted by atomic mass is 35.5. The van der Waals surface area contributed by atoms with Gasteiger partial charge in [0.05, 0.1) is 28.7 Å². The van der Waals surface area contributed by atoms with Crippen LogP contribution < -0.4 is 15.4 Å². The molecule has 0 atom stereocenters. The Hall–Kier alpha value is -2.39. The average molecular weight is 343 g/mol. The van der Waals surface area contributed by atoms with Crippen LogP contribution in [0.25, 0.3) is 0 Å². The second-order valence-corrected chi connectivity index (χ2v) is 5.12. The van der Waals surface area contributed by atoms with E-state index in [1.165, 1.54) is 12.1 Å². The molecule has 3 N–H and O–H groups in total. The van der Waals surface area contributed by atoms with E-state index in [1.54, 1.807) is 13.0 Å². The van der Waals surface area contributed by atoms with Crippen molar-refractivity contribution in [1.82, 2.24) is 10.3 Å². The highest BCUT2D eigenvalue weighted by Gasteiger charge is 2.09. The number of hydrogen-bond donors (Lipinski definition) is 2. The van der Waals surface area contributed by atoms with Crippen molar-refractivity contribution in [2.75, 3.05) is 31.6 Å². The van der Waals surface area contributed by atoms with Crippen molar-refractivity contribution in [2.45, 2.75) is 6.92 Å². The van der Waals surface area contributed by atoms with Crippen LogP contribution in [0.1, 0.15) is 5.69 Å². The number of quaternary nitrogens is 1. The third kappa shape index (κ3) is 5.08. The quantitative estimate of drug-likeness (QED) is 0.396. The molecule has 0 aliphatic carbocycles. The largest absolute Gasteiger partial charge is 0.468 e. The van der Waals surface area contributed by atoms with Crippen LogP contribution in [0.2, 0.25) is 5.02 Å². The number of aromatic nitrogens is 2. The van der Waals surface area contributed by atoms with Gasteiger partial charge in [-0.3, -0.25) is 10.1 Å². The second-order valence-electron chi connectivity index (χ2n) is 4.72. The van der Waals surface area contributed by atoms with E-state index in [0.717, 1.165) is 13.1 Å². The molecule has 0 fully saturated rings. The zero-order valence-electron chi connectivity index (χ0n) is 12.5. The van der Waals surface area contributed by atoms with Crippen molar-refractivity contribution in [1.29, 1.82) is 0 Å². The molecule has 0 aliphatic rings. The molecule has 0 unspecified atom stereocenters. The average Bonchev–Trinajstić information content (AvgIpc) is 2.92. The van der Waals surface area contributed by atoms with Gasteiger partial charge in [-0.1, -0.05) is 16.8 Å². The van der Waals surface area contributed by atoms with Crippen LogP contribution in [0.5, 0.6) is 5.88 Å². The van der Waals surface area contributed by atoms with E-state index in [0.29, 0.717) is 35.4 Å². The van der Waals surface area contributed by atoms with Gasteiger partial charge in [0.1, 0.15) is 18.8 Å². The number of ether oxygens (including phenoxy) is 1. The van der Waals surface area contributed by atoms with E-state index in [2.05, 4.69) is 25.6 Å². The number of halogens is 1. The van der Waals surface area contributed by atoms with Crippen LogP contribution in [-0.2, 0) is 0 Å². The Kier molecular flexibility index (Phi) is 6.12. The first-order valence-corrected chi connectivity index (χ1v) is 7.37. The molecule has 0 saturated carbocycles. The van der Waals surface area contributed by atoms with Crippen molar-refractivity contribution in [3.05, 3.63) is 39.0 Å². The lowest BCUT2D eigenvalue weighted by Crippen LogP contribution is -2.86. The summed E-state index contributed by atoms with van der Waals surface area (Å²) in [7, 11) is 0. The van der Waals surface area contributed by atoms with E-state index in [4.69, 9.17) is 16.3 Å². The maximum absolute atomic E-state index is 10.6. The highest BCUT2D eigenvalue weighted by molar-refractivity contribution is 6.33. The van der Waals surface area contributed by atoms with Crippen LogP contribution in [0.15, 0.2) is 22.8 Å². The predicted molar refractivity (Wildman–Crippen MR) is 82.8 cm³/mol. The molecule has 0 spiro atoms. The fraction of sp³-hybridized carbons (Fsp3) is 0.385. The molecule has 0 radical (unpaired) electrons. The fourth-order valence-corrected chi connectivity index (χ4v) is 2.05. The Morgan fingerprint density at radius 3 is 2.91 bits per heavy atom. The first-order valence-electron chi connectivity index (χ1n) is 6.99. The van der Waals surface area contributed by atoms with E-state index in [1.807, 2.05) is 0 Å². The molecule has 23 heavy (non-hydrogen) atoms. The zero-order valence-corrected chi connectivity index (χ0v) is 13.2. The van der Waals surface area contributed by atoms with Crippen molar-refractivity contribution in [2.24, 2.45) is 0 Å². The first-order chi connectivity index (χ1) is 11.1. The van der Waals surface area contributed by atoms with Gasteiger partial charge in [-0.25, -0.2) is 4.63 Å². The van der Waals surface area contributed by atoms with Crippen LogP contribution >= 0.6 is 11.6 Å². The van der Waals surface area contributed by atoms with Gasteiger partial charge in [0.25, 0.3) is 11.6 Å². The number of aryl methyl sites for hydroxylation is 1. The topological polar surface area (TPSA) is 120 Å². The summed E-state index contributed by atoms with van der Waals surface area (Å²) < 4.78 is 9.92. The van der Waals surface area contributed by atoms with Gasteiger partial charge in [0, 0.05) is 12.1 Å². The number of non-ortho nitro benzene ring substituents is 1. The van der Waals surface area contributed by atoms with E-state index >= 15 is 0 Å². The monoisotopic (exact) mass is 342 g/mol. The van der Waals surface area contributed by atoms with Gasteiger partial charge in [-0.2, -0.15) is 0 Å². The molecule has 2 aromatic rings. The summed E-state index contributed by atoms with van der Waals surface area (Å²) in [5.41, 5.74) is 1.27. The van der Waals surface area contributed by atoms with Crippen LogP contribution in [0.4, 0.5) is 11.4 Å². The van der Waals surface area contributed by atoms with Crippen LogP contribution in [0, 0.1) is 17.0 Å². The zero-order chi connectivity index (χ0) is 16.7. The number of rotatable bonds is 9. The van der Waals surface area contributed by atoms with Gasteiger partial charge in [-0.15, -0.1) is 0 Å². The molecule has 0 saturated heterocycles. The number of nitrogens with one attached hydrogen (secondary N) is 1. The molecule has 124 valence electrons. The third-order valence-corrected chi connectivity index (χ3v) is 3.31. The summed E-state index contributed by atoms with van der Waals surface area (Å²) in [5, 5.41) is 23.4. The molecular weight excluding hydrogens is 326 g/mol. The minimum atomic E-state index is -0.477. The smallest absolute Gasteiger partial charge is 0.278 e. The van der Waals surface area contributed by atoms with Crippen molar-refractivity contribution in [3.8, 4) is 5.88 Å². The fourth-order valence-electron chi connectivity index (χ4n) is 1.81. The van der Waals surface area contributed by atoms with Crippen molar-refractivity contribution < 1.29 is 19.6 Å². The summed E-state index contributed by atoms with van der Waals surface area (Å²) in [6.07, 6.45) is 0. The number of nitro benzene ring substituents is 1. The highest BCUT2D eigenvalue weighted by Crippen LogP contribution is 2.26. The lowest BCUT2D eigenvalue weighted by Gasteiger charge is -2.07. The van der Waals surface area contributed by atoms with E-state index < -0.39 is 4.92 Å². The first kappa shape index (κ1) is 17.0. The lowest BCUT2D eigenvalue weighted by atomic mass is 10.3. The maximum atomic E-state index is 10.6. The number of nitro groups is 1. The minimum absolute atomic E-state index is 0.0260. The molecule has 1 heterocycles. The molecule has 0 aliphatic heterocycles. The summed E-state index contributed by atoms with van der Waals surface area (Å²) in [6.45, 7) is 4.47. The van der Waals surface area contributed by atoms with Gasteiger partial charge >= 0.3 is 0 Å². The summed E-state index contributed by atoms with van der Waals surface area (Å²) in [4.78, 5) is 10.2. The number of nitrogens with two attached hydrogens (primary N) is 1. The lowest BCUT2D eigenvalue weighted by molar-refractivity contribution is -0.652. The molecular formula is C13H17ClN5O4+. The van der Waals surface area contributed by atoms with Gasteiger partial charge in [0.15, 0.2) is 0 Å². The molecule has 1 aromatic heterocycles. The normalized spacial score (nSPS) is 10.5. The third-order valence-electron chi connectivity index (χ3n) is 3.00. The molecule has 1 aromatic carbocycles. The Balaban J connectivity index is 1.62. The standard InChI is InChI=1S/C13H16ClN5O4/c1-9-13(18-23-17-9)22-7-6-15-4-5-16-12-3-2-10(19(20)21)8-11(12)14/h2-3,8,15-16H,4-7H2,1H3/p+1. The van der Waals surface area contributed by atoms with E-state index in [9.17, 15) is 10.1 Å². The Morgan fingerprint density at radius 2 is 2.26 bits per heavy atom. The van der Waals surface area contributed by atoms with Gasteiger partial charge in [0.2, 0.25) is 0 Å². The Morgan fingerprint density at radius 1 is 1.43 bits per heavy atom. The molecule has 2 rings (SSSR count). The Labute approximate surface area is 137 Å². The molecule has 0 bridgehead atoms.